The molecule has 1 saturated carbocycles. The third kappa shape index (κ3) is 6.31. The van der Waals surface area contributed by atoms with Crippen LogP contribution < -0.4 is 9.64 Å². The smallest absolute Gasteiger partial charge is 0.260 e. The van der Waals surface area contributed by atoms with E-state index in [4.69, 9.17) is 9.72 Å². The number of nitrogens with zero attached hydrogens (tertiary/aromatic N) is 4. The number of hydrogen-bond donors (Lipinski definition) is 0. The molecule has 1 heterocycles. The molecule has 1 aliphatic carbocycles. The Kier molecular flexibility index (Phi) is 8.84. The monoisotopic (exact) mass is 544 g/mol. The number of carbonyl (C=O) groups excluding carboxylic acids is 1. The van der Waals surface area contributed by atoms with Gasteiger partial charge in [-0.05, 0) is 82.4 Å². The standard InChI is InChI=1S/C27H36N4O4S2/c1-29(2)17-8-18-31(27-28-24-16-13-22(35-4)19-25(24)36-27)26(32)20-11-14-23(15-12-20)37(33,34)30(3)21-9-6-5-7-10-21/h11-16,19,21H,5-10,17-18H2,1-4H3. The topological polar surface area (TPSA) is 83.0 Å². The van der Waals surface area contributed by atoms with Gasteiger partial charge in [-0.15, -0.1) is 0 Å². The van der Waals surface area contributed by atoms with E-state index in [1.54, 1.807) is 43.3 Å². The van der Waals surface area contributed by atoms with E-state index in [1.165, 1.54) is 15.6 Å². The lowest BCUT2D eigenvalue weighted by molar-refractivity contribution is 0.0986. The number of fused-ring (bicyclic) bond motifs is 1. The Morgan fingerprint density at radius 3 is 2.38 bits per heavy atom. The number of ether oxygens (including phenoxy) is 1. The molecule has 0 radical (unpaired) electrons. The molecule has 3 aromatic rings. The van der Waals surface area contributed by atoms with E-state index in [1.807, 2.05) is 32.3 Å². The number of sulfonamides is 1. The average Bonchev–Trinajstić information content (AvgIpc) is 3.33. The van der Waals surface area contributed by atoms with E-state index < -0.39 is 10.0 Å². The van der Waals surface area contributed by atoms with Crippen LogP contribution in [-0.4, -0.2) is 75.9 Å². The van der Waals surface area contributed by atoms with Crippen molar-refractivity contribution in [3.63, 3.8) is 0 Å². The van der Waals surface area contributed by atoms with Gasteiger partial charge in [-0.2, -0.15) is 4.31 Å². The fraction of sp³-hybridized carbons (Fsp3) is 0.481. The van der Waals surface area contributed by atoms with Crippen molar-refractivity contribution >= 4 is 42.6 Å². The molecule has 0 spiro atoms. The van der Waals surface area contributed by atoms with Gasteiger partial charge in [-0.25, -0.2) is 13.4 Å². The summed E-state index contributed by atoms with van der Waals surface area (Å²) in [6.45, 7) is 1.33. The van der Waals surface area contributed by atoms with E-state index in [0.717, 1.165) is 61.0 Å². The molecule has 0 unspecified atom stereocenters. The second-order valence-corrected chi connectivity index (χ2v) is 12.8. The van der Waals surface area contributed by atoms with Crippen molar-refractivity contribution in [1.29, 1.82) is 0 Å². The lowest BCUT2D eigenvalue weighted by atomic mass is 9.96. The molecule has 1 fully saturated rings. The zero-order chi connectivity index (χ0) is 26.6. The van der Waals surface area contributed by atoms with Gasteiger partial charge >= 0.3 is 0 Å². The van der Waals surface area contributed by atoms with Gasteiger partial charge in [0.25, 0.3) is 5.91 Å². The fourth-order valence-electron chi connectivity index (χ4n) is 4.70. The van der Waals surface area contributed by atoms with Crippen molar-refractivity contribution in [3.05, 3.63) is 48.0 Å². The van der Waals surface area contributed by atoms with Crippen LogP contribution in [0.15, 0.2) is 47.4 Å². The van der Waals surface area contributed by atoms with Crippen molar-refractivity contribution in [3.8, 4) is 5.75 Å². The van der Waals surface area contributed by atoms with Crippen LogP contribution in [0.3, 0.4) is 0 Å². The van der Waals surface area contributed by atoms with E-state index >= 15 is 0 Å². The van der Waals surface area contributed by atoms with Crippen molar-refractivity contribution in [1.82, 2.24) is 14.2 Å². The van der Waals surface area contributed by atoms with Gasteiger partial charge in [0.1, 0.15) is 5.75 Å². The third-order valence-corrected chi connectivity index (χ3v) is 9.88. The first-order valence-electron chi connectivity index (χ1n) is 12.7. The Balaban J connectivity index is 1.58. The minimum absolute atomic E-state index is 0.0323. The van der Waals surface area contributed by atoms with Crippen LogP contribution in [-0.2, 0) is 10.0 Å². The zero-order valence-electron chi connectivity index (χ0n) is 22.0. The molecule has 4 rings (SSSR count). The summed E-state index contributed by atoms with van der Waals surface area (Å²) in [6, 6.07) is 12.0. The second-order valence-electron chi connectivity index (χ2n) is 9.78. The maximum absolute atomic E-state index is 13.7. The summed E-state index contributed by atoms with van der Waals surface area (Å²) in [6.07, 6.45) is 5.83. The highest BCUT2D eigenvalue weighted by Gasteiger charge is 2.29. The second kappa shape index (κ2) is 11.9. The highest BCUT2D eigenvalue weighted by Crippen LogP contribution is 2.33. The molecule has 200 valence electrons. The SMILES string of the molecule is COc1ccc2nc(N(CCCN(C)C)C(=O)c3ccc(S(=O)(=O)N(C)C4CCCCC4)cc3)sc2c1. The molecule has 37 heavy (non-hydrogen) atoms. The Morgan fingerprint density at radius 1 is 1.03 bits per heavy atom. The lowest BCUT2D eigenvalue weighted by Gasteiger charge is -2.30. The number of methoxy groups -OCH3 is 1. The van der Waals surface area contributed by atoms with Crippen LogP contribution in [0.4, 0.5) is 5.13 Å². The van der Waals surface area contributed by atoms with Crippen LogP contribution in [0.1, 0.15) is 48.9 Å². The van der Waals surface area contributed by atoms with Gasteiger partial charge in [0, 0.05) is 25.2 Å². The van der Waals surface area contributed by atoms with Crippen molar-refractivity contribution in [2.24, 2.45) is 0 Å². The van der Waals surface area contributed by atoms with Gasteiger partial charge in [0.05, 0.1) is 22.2 Å². The Morgan fingerprint density at radius 2 is 1.73 bits per heavy atom. The maximum atomic E-state index is 13.7. The minimum atomic E-state index is -3.62. The molecule has 0 aliphatic heterocycles. The Bertz CT molecular complexity index is 1320. The summed E-state index contributed by atoms with van der Waals surface area (Å²) in [4.78, 5) is 22.4. The minimum Gasteiger partial charge on any atom is -0.497 e. The summed E-state index contributed by atoms with van der Waals surface area (Å²) in [5.74, 6) is 0.539. The van der Waals surface area contributed by atoms with E-state index in [2.05, 4.69) is 4.90 Å². The van der Waals surface area contributed by atoms with Crippen LogP contribution in [0.25, 0.3) is 10.2 Å². The predicted molar refractivity (Wildman–Crippen MR) is 149 cm³/mol. The van der Waals surface area contributed by atoms with Gasteiger partial charge in [-0.3, -0.25) is 9.69 Å². The predicted octanol–water partition coefficient (Wildman–Crippen LogP) is 4.86. The summed E-state index contributed by atoms with van der Waals surface area (Å²) in [7, 11) is 3.67. The van der Waals surface area contributed by atoms with Crippen LogP contribution in [0.5, 0.6) is 5.75 Å². The molecule has 2 aromatic carbocycles. The molecular weight excluding hydrogens is 508 g/mol. The molecule has 1 amide bonds. The quantitative estimate of drug-likeness (QED) is 0.363. The molecule has 0 N–H and O–H groups in total. The van der Waals surface area contributed by atoms with Crippen LogP contribution in [0.2, 0.25) is 0 Å². The molecule has 8 nitrogen and oxygen atoms in total. The summed E-state index contributed by atoms with van der Waals surface area (Å²) >= 11 is 1.44. The lowest BCUT2D eigenvalue weighted by Crippen LogP contribution is -2.38. The van der Waals surface area contributed by atoms with Crippen LogP contribution in [0, 0.1) is 0 Å². The first kappa shape index (κ1) is 27.5. The fourth-order valence-corrected chi connectivity index (χ4v) is 7.13. The van der Waals surface area contributed by atoms with E-state index in [0.29, 0.717) is 17.2 Å². The van der Waals surface area contributed by atoms with Gasteiger partial charge < -0.3 is 9.64 Å². The van der Waals surface area contributed by atoms with E-state index in [9.17, 15) is 13.2 Å². The number of benzene rings is 2. The van der Waals surface area contributed by atoms with Gasteiger partial charge in [0.15, 0.2) is 5.13 Å². The number of hydrogen-bond acceptors (Lipinski definition) is 7. The molecule has 1 aliphatic rings. The molecule has 0 saturated heterocycles. The molecule has 10 heteroatoms. The number of carbonyl (C=O) groups is 1. The first-order chi connectivity index (χ1) is 17.7. The normalized spacial score (nSPS) is 15.0. The van der Waals surface area contributed by atoms with Gasteiger partial charge in [0.2, 0.25) is 10.0 Å². The third-order valence-electron chi connectivity index (χ3n) is 6.91. The Labute approximate surface area is 223 Å². The molecule has 1 aromatic heterocycles. The van der Waals surface area contributed by atoms with Crippen LogP contribution >= 0.6 is 11.3 Å². The molecular formula is C27H36N4O4S2. The number of thiazole rings is 1. The summed E-state index contributed by atoms with van der Waals surface area (Å²) < 4.78 is 34.2. The Hall–Kier alpha value is -2.53. The van der Waals surface area contributed by atoms with Crippen molar-refractivity contribution in [2.45, 2.75) is 49.5 Å². The maximum Gasteiger partial charge on any atom is 0.260 e. The van der Waals surface area contributed by atoms with Crippen molar-refractivity contribution < 1.29 is 17.9 Å². The number of amides is 1. The molecule has 0 atom stereocenters. The number of anilines is 1. The highest BCUT2D eigenvalue weighted by molar-refractivity contribution is 7.89. The van der Waals surface area contributed by atoms with Crippen molar-refractivity contribution in [2.75, 3.05) is 46.2 Å². The number of rotatable bonds is 10. The molecule has 0 bridgehead atoms. The summed E-state index contributed by atoms with van der Waals surface area (Å²) in [5, 5.41) is 0.612. The number of aromatic nitrogens is 1. The average molecular weight is 545 g/mol. The van der Waals surface area contributed by atoms with Gasteiger partial charge in [-0.1, -0.05) is 30.6 Å². The van der Waals surface area contributed by atoms with E-state index in [-0.39, 0.29) is 16.8 Å². The highest BCUT2D eigenvalue weighted by atomic mass is 32.2. The summed E-state index contributed by atoms with van der Waals surface area (Å²) in [5.41, 5.74) is 1.24. The first-order valence-corrected chi connectivity index (χ1v) is 15.0. The zero-order valence-corrected chi connectivity index (χ0v) is 23.6. The largest absolute Gasteiger partial charge is 0.497 e.